The summed E-state index contributed by atoms with van der Waals surface area (Å²) in [4.78, 5) is 4.37. The van der Waals surface area contributed by atoms with E-state index in [1.165, 1.54) is 0 Å². The number of benzene rings is 1. The highest BCUT2D eigenvalue weighted by atomic mass is 35.5. The Balaban J connectivity index is 2.12. The number of aryl methyl sites for hydroxylation is 1. The first-order valence-corrected chi connectivity index (χ1v) is 6.15. The van der Waals surface area contributed by atoms with E-state index in [1.54, 1.807) is 25.3 Å². The molecule has 2 N–H and O–H groups in total. The van der Waals surface area contributed by atoms with Crippen molar-refractivity contribution in [1.82, 2.24) is 4.98 Å². The molecule has 0 saturated carbocycles. The van der Waals surface area contributed by atoms with Gasteiger partial charge in [-0.1, -0.05) is 11.6 Å². The van der Waals surface area contributed by atoms with E-state index in [2.05, 4.69) is 4.98 Å². The molecule has 0 aliphatic heterocycles. The SMILES string of the molecule is COc1cc(C)nc(COc2ccc(Cl)cc2N)c1. The number of rotatable bonds is 4. The Morgan fingerprint density at radius 2 is 2.05 bits per heavy atom. The molecule has 0 amide bonds. The van der Waals surface area contributed by atoms with Crippen molar-refractivity contribution >= 4 is 17.3 Å². The number of anilines is 1. The van der Waals surface area contributed by atoms with Crippen LogP contribution in [0.15, 0.2) is 30.3 Å². The lowest BCUT2D eigenvalue weighted by Gasteiger charge is -2.10. The van der Waals surface area contributed by atoms with Gasteiger partial charge >= 0.3 is 0 Å². The average molecular weight is 279 g/mol. The third-order valence-electron chi connectivity index (χ3n) is 2.56. The maximum absolute atomic E-state index is 5.83. The Kier molecular flexibility index (Phi) is 4.12. The van der Waals surface area contributed by atoms with E-state index >= 15 is 0 Å². The molecule has 1 aromatic carbocycles. The molecule has 0 saturated heterocycles. The summed E-state index contributed by atoms with van der Waals surface area (Å²) in [6, 6.07) is 8.82. The van der Waals surface area contributed by atoms with Crippen LogP contribution in [0.2, 0.25) is 5.02 Å². The van der Waals surface area contributed by atoms with Crippen molar-refractivity contribution in [1.29, 1.82) is 0 Å². The monoisotopic (exact) mass is 278 g/mol. The molecule has 4 nitrogen and oxygen atoms in total. The van der Waals surface area contributed by atoms with Crippen molar-refractivity contribution in [2.75, 3.05) is 12.8 Å². The first kappa shape index (κ1) is 13.5. The fraction of sp³-hybridized carbons (Fsp3) is 0.214. The number of methoxy groups -OCH3 is 1. The second-order valence-corrected chi connectivity index (χ2v) is 4.55. The number of hydrogen-bond donors (Lipinski definition) is 1. The number of nitrogens with zero attached hydrogens (tertiary/aromatic N) is 1. The average Bonchev–Trinajstić information content (AvgIpc) is 2.37. The molecule has 0 aliphatic carbocycles. The largest absolute Gasteiger partial charge is 0.497 e. The quantitative estimate of drug-likeness (QED) is 0.873. The molecule has 0 unspecified atom stereocenters. The van der Waals surface area contributed by atoms with Gasteiger partial charge in [-0.15, -0.1) is 0 Å². The Morgan fingerprint density at radius 3 is 2.74 bits per heavy atom. The molecule has 5 heteroatoms. The molecular weight excluding hydrogens is 264 g/mol. The maximum atomic E-state index is 5.83. The molecule has 0 fully saturated rings. The molecule has 0 aliphatic rings. The van der Waals surface area contributed by atoms with Crippen molar-refractivity contribution < 1.29 is 9.47 Å². The van der Waals surface area contributed by atoms with Crippen molar-refractivity contribution in [3.05, 3.63) is 46.7 Å². The summed E-state index contributed by atoms with van der Waals surface area (Å²) >= 11 is 5.83. The van der Waals surface area contributed by atoms with Crippen molar-refractivity contribution in [2.45, 2.75) is 13.5 Å². The number of pyridine rings is 1. The summed E-state index contributed by atoms with van der Waals surface area (Å²) in [5, 5.41) is 0.584. The van der Waals surface area contributed by atoms with Gasteiger partial charge in [-0.3, -0.25) is 4.98 Å². The minimum absolute atomic E-state index is 0.323. The standard InChI is InChI=1S/C14H15ClN2O2/c1-9-5-12(18-2)7-11(17-9)8-19-14-4-3-10(15)6-13(14)16/h3-7H,8,16H2,1-2H3. The Labute approximate surface area is 117 Å². The fourth-order valence-corrected chi connectivity index (χ4v) is 1.88. The van der Waals surface area contributed by atoms with Gasteiger partial charge in [0.05, 0.1) is 18.5 Å². The van der Waals surface area contributed by atoms with Gasteiger partial charge in [-0.25, -0.2) is 0 Å². The number of ether oxygens (including phenoxy) is 2. The highest BCUT2D eigenvalue weighted by Gasteiger charge is 2.04. The van der Waals surface area contributed by atoms with Crippen LogP contribution in [-0.2, 0) is 6.61 Å². The fourth-order valence-electron chi connectivity index (χ4n) is 1.70. The van der Waals surface area contributed by atoms with Crippen LogP contribution >= 0.6 is 11.6 Å². The van der Waals surface area contributed by atoms with E-state index in [9.17, 15) is 0 Å². The zero-order valence-electron chi connectivity index (χ0n) is 10.8. The molecule has 0 atom stereocenters. The van der Waals surface area contributed by atoms with Gasteiger partial charge in [-0.05, 0) is 25.1 Å². The Bertz CT molecular complexity index is 588. The molecule has 1 aromatic heterocycles. The van der Waals surface area contributed by atoms with Crippen LogP contribution in [0.1, 0.15) is 11.4 Å². The third kappa shape index (κ3) is 3.51. The highest BCUT2D eigenvalue weighted by Crippen LogP contribution is 2.26. The number of nitrogen functional groups attached to an aromatic ring is 1. The van der Waals surface area contributed by atoms with Gasteiger partial charge in [-0.2, -0.15) is 0 Å². The minimum Gasteiger partial charge on any atom is -0.497 e. The molecular formula is C14H15ClN2O2. The summed E-state index contributed by atoms with van der Waals surface area (Å²) in [5.74, 6) is 1.35. The number of nitrogens with two attached hydrogens (primary N) is 1. The van der Waals surface area contributed by atoms with Crippen molar-refractivity contribution in [2.24, 2.45) is 0 Å². The van der Waals surface area contributed by atoms with Crippen molar-refractivity contribution in [3.63, 3.8) is 0 Å². The van der Waals surface area contributed by atoms with Crippen LogP contribution in [0.4, 0.5) is 5.69 Å². The van der Waals surface area contributed by atoms with Crippen LogP contribution in [0.5, 0.6) is 11.5 Å². The lowest BCUT2D eigenvalue weighted by atomic mass is 10.3. The van der Waals surface area contributed by atoms with E-state index in [0.717, 1.165) is 17.1 Å². The van der Waals surface area contributed by atoms with E-state index < -0.39 is 0 Å². The second-order valence-electron chi connectivity index (χ2n) is 4.11. The molecule has 0 bridgehead atoms. The van der Waals surface area contributed by atoms with Gasteiger partial charge in [0.2, 0.25) is 0 Å². The molecule has 19 heavy (non-hydrogen) atoms. The summed E-state index contributed by atoms with van der Waals surface area (Å²) in [7, 11) is 1.62. The van der Waals surface area contributed by atoms with Crippen molar-refractivity contribution in [3.8, 4) is 11.5 Å². The molecule has 0 spiro atoms. The van der Waals surface area contributed by atoms with Crippen LogP contribution < -0.4 is 15.2 Å². The molecule has 0 radical (unpaired) electrons. The van der Waals surface area contributed by atoms with Gasteiger partial charge in [0, 0.05) is 22.8 Å². The highest BCUT2D eigenvalue weighted by molar-refractivity contribution is 6.30. The molecule has 100 valence electrons. The first-order chi connectivity index (χ1) is 9.08. The zero-order chi connectivity index (χ0) is 13.8. The number of hydrogen-bond acceptors (Lipinski definition) is 4. The topological polar surface area (TPSA) is 57.4 Å². The predicted octanol–water partition coefficient (Wildman–Crippen LogP) is 3.21. The van der Waals surface area contributed by atoms with Gasteiger partial charge < -0.3 is 15.2 Å². The lowest BCUT2D eigenvalue weighted by molar-refractivity contribution is 0.301. The van der Waals surface area contributed by atoms with Gasteiger partial charge in [0.1, 0.15) is 18.1 Å². The third-order valence-corrected chi connectivity index (χ3v) is 2.80. The normalized spacial score (nSPS) is 10.3. The van der Waals surface area contributed by atoms with Crippen LogP contribution in [0.25, 0.3) is 0 Å². The zero-order valence-corrected chi connectivity index (χ0v) is 11.6. The molecule has 1 heterocycles. The molecule has 2 aromatic rings. The van der Waals surface area contributed by atoms with E-state index in [4.69, 9.17) is 26.8 Å². The van der Waals surface area contributed by atoms with Crippen LogP contribution in [-0.4, -0.2) is 12.1 Å². The second kappa shape index (κ2) is 5.80. The lowest BCUT2D eigenvalue weighted by Crippen LogP contribution is -2.02. The summed E-state index contributed by atoms with van der Waals surface area (Å²) in [6.45, 7) is 2.23. The van der Waals surface area contributed by atoms with E-state index in [0.29, 0.717) is 23.1 Å². The minimum atomic E-state index is 0.323. The maximum Gasteiger partial charge on any atom is 0.142 e. The summed E-state index contributed by atoms with van der Waals surface area (Å²) in [6.07, 6.45) is 0. The summed E-state index contributed by atoms with van der Waals surface area (Å²) < 4.78 is 10.8. The Morgan fingerprint density at radius 1 is 1.26 bits per heavy atom. The first-order valence-electron chi connectivity index (χ1n) is 5.78. The van der Waals surface area contributed by atoms with E-state index in [-0.39, 0.29) is 0 Å². The van der Waals surface area contributed by atoms with Crippen LogP contribution in [0.3, 0.4) is 0 Å². The smallest absolute Gasteiger partial charge is 0.142 e. The molecule has 2 rings (SSSR count). The van der Waals surface area contributed by atoms with Gasteiger partial charge in [0.25, 0.3) is 0 Å². The number of aromatic nitrogens is 1. The van der Waals surface area contributed by atoms with E-state index in [1.807, 2.05) is 19.1 Å². The Hall–Kier alpha value is -1.94. The summed E-state index contributed by atoms with van der Waals surface area (Å²) in [5.41, 5.74) is 7.98. The van der Waals surface area contributed by atoms with Crippen LogP contribution in [0, 0.1) is 6.92 Å². The predicted molar refractivity (Wildman–Crippen MR) is 75.7 cm³/mol. The number of halogens is 1. The van der Waals surface area contributed by atoms with Gasteiger partial charge in [0.15, 0.2) is 0 Å².